The van der Waals surface area contributed by atoms with Crippen LogP contribution >= 0.6 is 11.3 Å². The number of rotatable bonds is 5. The second kappa shape index (κ2) is 4.91. The van der Waals surface area contributed by atoms with Crippen LogP contribution in [0.4, 0.5) is 0 Å². The molecule has 0 aliphatic rings. The molecule has 1 heterocycles. The monoisotopic (exact) mass is 234 g/mol. The SMILES string of the molecule is CS(=O)(=O)CCCC(O)c1ccsc1. The predicted octanol–water partition coefficient (Wildman–Crippen LogP) is 1.61. The van der Waals surface area contributed by atoms with Crippen LogP contribution in [-0.2, 0) is 9.84 Å². The molecule has 0 saturated carbocycles. The van der Waals surface area contributed by atoms with Gasteiger partial charge >= 0.3 is 0 Å². The van der Waals surface area contributed by atoms with Crippen molar-refractivity contribution < 1.29 is 13.5 Å². The highest BCUT2D eigenvalue weighted by atomic mass is 32.2. The fourth-order valence-electron chi connectivity index (χ4n) is 1.17. The molecular weight excluding hydrogens is 220 g/mol. The quantitative estimate of drug-likeness (QED) is 0.842. The summed E-state index contributed by atoms with van der Waals surface area (Å²) in [5, 5.41) is 13.4. The fraction of sp³-hybridized carbons (Fsp3) is 0.556. The van der Waals surface area contributed by atoms with E-state index in [-0.39, 0.29) is 5.75 Å². The Kier molecular flexibility index (Phi) is 4.10. The number of aliphatic hydroxyl groups is 1. The lowest BCUT2D eigenvalue weighted by molar-refractivity contribution is 0.167. The van der Waals surface area contributed by atoms with E-state index < -0.39 is 15.9 Å². The number of hydrogen-bond donors (Lipinski definition) is 1. The lowest BCUT2D eigenvalue weighted by Gasteiger charge is -2.07. The first-order chi connectivity index (χ1) is 6.49. The van der Waals surface area contributed by atoms with Gasteiger partial charge in [0, 0.05) is 12.0 Å². The maximum Gasteiger partial charge on any atom is 0.147 e. The lowest BCUT2D eigenvalue weighted by Crippen LogP contribution is -2.05. The summed E-state index contributed by atoms with van der Waals surface area (Å²) in [6.45, 7) is 0. The molecule has 0 amide bonds. The van der Waals surface area contributed by atoms with E-state index in [2.05, 4.69) is 0 Å². The third-order valence-corrected chi connectivity index (χ3v) is 3.65. The van der Waals surface area contributed by atoms with Gasteiger partial charge in [-0.1, -0.05) is 0 Å². The second-order valence-electron chi connectivity index (χ2n) is 3.34. The van der Waals surface area contributed by atoms with Crippen LogP contribution in [-0.4, -0.2) is 25.5 Å². The van der Waals surface area contributed by atoms with Crippen LogP contribution in [0.2, 0.25) is 0 Å². The molecule has 14 heavy (non-hydrogen) atoms. The Morgan fingerprint density at radius 1 is 1.57 bits per heavy atom. The molecule has 0 aliphatic heterocycles. The molecule has 3 nitrogen and oxygen atoms in total. The minimum Gasteiger partial charge on any atom is -0.388 e. The molecule has 5 heteroatoms. The minimum absolute atomic E-state index is 0.147. The Morgan fingerprint density at radius 2 is 2.29 bits per heavy atom. The summed E-state index contributed by atoms with van der Waals surface area (Å²) < 4.78 is 21.6. The zero-order chi connectivity index (χ0) is 10.6. The van der Waals surface area contributed by atoms with Gasteiger partial charge in [-0.25, -0.2) is 8.42 Å². The second-order valence-corrected chi connectivity index (χ2v) is 6.38. The first-order valence-corrected chi connectivity index (χ1v) is 7.37. The Morgan fingerprint density at radius 3 is 2.79 bits per heavy atom. The summed E-state index contributed by atoms with van der Waals surface area (Å²) >= 11 is 1.53. The highest BCUT2D eigenvalue weighted by Crippen LogP contribution is 2.20. The molecular formula is C9H14O3S2. The van der Waals surface area contributed by atoms with E-state index >= 15 is 0 Å². The molecule has 1 rings (SSSR count). The maximum atomic E-state index is 10.8. The van der Waals surface area contributed by atoms with Gasteiger partial charge in [0.2, 0.25) is 0 Å². The summed E-state index contributed by atoms with van der Waals surface area (Å²) in [5.74, 6) is 0.147. The lowest BCUT2D eigenvalue weighted by atomic mass is 10.1. The van der Waals surface area contributed by atoms with Crippen LogP contribution in [0.3, 0.4) is 0 Å². The van der Waals surface area contributed by atoms with Crippen LogP contribution < -0.4 is 0 Å². The standard InChI is InChI=1S/C9H14O3S2/c1-14(11,12)6-2-3-9(10)8-4-5-13-7-8/h4-5,7,9-10H,2-3,6H2,1H3. The van der Waals surface area contributed by atoms with Crippen LogP contribution in [0.5, 0.6) is 0 Å². The molecule has 0 radical (unpaired) electrons. The normalized spacial score (nSPS) is 14.1. The van der Waals surface area contributed by atoms with Crippen molar-refractivity contribution in [3.8, 4) is 0 Å². The van der Waals surface area contributed by atoms with Crippen LogP contribution in [0.1, 0.15) is 24.5 Å². The van der Waals surface area contributed by atoms with E-state index in [9.17, 15) is 13.5 Å². The Bertz CT molecular complexity index is 353. The van der Waals surface area contributed by atoms with E-state index in [1.54, 1.807) is 0 Å². The van der Waals surface area contributed by atoms with Gasteiger partial charge in [-0.05, 0) is 35.2 Å². The van der Waals surface area contributed by atoms with Crippen molar-refractivity contribution in [2.45, 2.75) is 18.9 Å². The number of aliphatic hydroxyl groups excluding tert-OH is 1. The zero-order valence-corrected chi connectivity index (χ0v) is 9.64. The Labute approximate surface area is 88.3 Å². The number of thiophene rings is 1. The highest BCUT2D eigenvalue weighted by molar-refractivity contribution is 7.90. The maximum absolute atomic E-state index is 10.8. The number of sulfone groups is 1. The summed E-state index contributed by atoms with van der Waals surface area (Å²) in [6, 6.07) is 1.86. The third-order valence-electron chi connectivity index (χ3n) is 1.92. The highest BCUT2D eigenvalue weighted by Gasteiger charge is 2.09. The fourth-order valence-corrected chi connectivity index (χ4v) is 2.57. The van der Waals surface area contributed by atoms with E-state index in [0.717, 1.165) is 5.56 Å². The molecule has 1 aromatic heterocycles. The molecule has 0 saturated heterocycles. The average molecular weight is 234 g/mol. The molecule has 0 aromatic carbocycles. The molecule has 0 bridgehead atoms. The van der Waals surface area contributed by atoms with Crippen molar-refractivity contribution in [2.24, 2.45) is 0 Å². The van der Waals surface area contributed by atoms with Gasteiger partial charge in [0.25, 0.3) is 0 Å². The summed E-state index contributed by atoms with van der Waals surface area (Å²) in [6.07, 6.45) is 1.70. The Balaban J connectivity index is 2.33. The van der Waals surface area contributed by atoms with Crippen molar-refractivity contribution in [3.05, 3.63) is 22.4 Å². The molecule has 1 atom stereocenters. The largest absolute Gasteiger partial charge is 0.388 e. The van der Waals surface area contributed by atoms with Gasteiger partial charge in [-0.3, -0.25) is 0 Å². The van der Waals surface area contributed by atoms with Gasteiger partial charge in [-0.2, -0.15) is 11.3 Å². The van der Waals surface area contributed by atoms with Gasteiger partial charge in [-0.15, -0.1) is 0 Å². The van der Waals surface area contributed by atoms with Gasteiger partial charge in [0.1, 0.15) is 9.84 Å². The van der Waals surface area contributed by atoms with Crippen molar-refractivity contribution in [3.63, 3.8) is 0 Å². The summed E-state index contributed by atoms with van der Waals surface area (Å²) in [7, 11) is -2.90. The van der Waals surface area contributed by atoms with Crippen LogP contribution in [0.25, 0.3) is 0 Å². The van der Waals surface area contributed by atoms with Crippen molar-refractivity contribution >= 4 is 21.2 Å². The molecule has 1 N–H and O–H groups in total. The van der Waals surface area contributed by atoms with Gasteiger partial charge in [0.15, 0.2) is 0 Å². The van der Waals surface area contributed by atoms with Crippen molar-refractivity contribution in [1.29, 1.82) is 0 Å². The van der Waals surface area contributed by atoms with Gasteiger partial charge < -0.3 is 5.11 Å². The molecule has 0 aliphatic carbocycles. The molecule has 1 aromatic rings. The van der Waals surface area contributed by atoms with Gasteiger partial charge in [0.05, 0.1) is 6.10 Å². The molecule has 1 unspecified atom stereocenters. The van der Waals surface area contributed by atoms with Crippen LogP contribution in [0.15, 0.2) is 16.8 Å². The zero-order valence-electron chi connectivity index (χ0n) is 8.01. The van der Waals surface area contributed by atoms with Crippen molar-refractivity contribution in [1.82, 2.24) is 0 Å². The first kappa shape index (κ1) is 11.7. The average Bonchev–Trinajstić information content (AvgIpc) is 2.53. The molecule has 0 spiro atoms. The van der Waals surface area contributed by atoms with E-state index in [0.29, 0.717) is 12.8 Å². The molecule has 80 valence electrons. The summed E-state index contributed by atoms with van der Waals surface area (Å²) in [5.41, 5.74) is 0.878. The van der Waals surface area contributed by atoms with Crippen molar-refractivity contribution in [2.75, 3.05) is 12.0 Å². The predicted molar refractivity (Wildman–Crippen MR) is 58.2 cm³/mol. The minimum atomic E-state index is -2.90. The smallest absolute Gasteiger partial charge is 0.147 e. The van der Waals surface area contributed by atoms with E-state index in [1.807, 2.05) is 16.8 Å². The summed E-state index contributed by atoms with van der Waals surface area (Å²) in [4.78, 5) is 0. The Hall–Kier alpha value is -0.390. The van der Waals surface area contributed by atoms with Crippen LogP contribution in [0, 0.1) is 0 Å². The third kappa shape index (κ3) is 4.21. The van der Waals surface area contributed by atoms with E-state index in [4.69, 9.17) is 0 Å². The topological polar surface area (TPSA) is 54.4 Å². The van der Waals surface area contributed by atoms with E-state index in [1.165, 1.54) is 17.6 Å². The number of hydrogen-bond acceptors (Lipinski definition) is 4. The molecule has 0 fully saturated rings. The first-order valence-electron chi connectivity index (χ1n) is 4.37.